The molecule has 0 heterocycles. The fourth-order valence-electron chi connectivity index (χ4n) is 1.99. The number of carbonyl (C=O) groups is 1. The van der Waals surface area contributed by atoms with Crippen LogP contribution in [-0.2, 0) is 14.8 Å². The lowest BCUT2D eigenvalue weighted by molar-refractivity contribution is -0.115. The Balaban J connectivity index is 2.08. The zero-order valence-electron chi connectivity index (χ0n) is 13.1. The van der Waals surface area contributed by atoms with Gasteiger partial charge >= 0.3 is 0 Å². The summed E-state index contributed by atoms with van der Waals surface area (Å²) in [5, 5.41) is 2.94. The zero-order chi connectivity index (χ0) is 17.9. The van der Waals surface area contributed by atoms with Gasteiger partial charge in [0.25, 0.3) is 0 Å². The third-order valence-electron chi connectivity index (χ3n) is 3.27. The van der Waals surface area contributed by atoms with Gasteiger partial charge in [0.1, 0.15) is 4.90 Å². The predicted octanol–water partition coefficient (Wildman–Crippen LogP) is 3.53. The maximum atomic E-state index is 12.2. The van der Waals surface area contributed by atoms with Gasteiger partial charge in [0.2, 0.25) is 15.9 Å². The Labute approximate surface area is 151 Å². The van der Waals surface area contributed by atoms with E-state index in [-0.39, 0.29) is 14.9 Å². The number of rotatable bonds is 5. The number of halogens is 2. The first-order chi connectivity index (χ1) is 11.2. The van der Waals surface area contributed by atoms with E-state index >= 15 is 0 Å². The highest BCUT2D eigenvalue weighted by Crippen LogP contribution is 2.24. The van der Waals surface area contributed by atoms with Gasteiger partial charge in [-0.05, 0) is 49.2 Å². The van der Waals surface area contributed by atoms with Crippen LogP contribution in [0.4, 0.5) is 5.69 Å². The van der Waals surface area contributed by atoms with E-state index < -0.39 is 22.5 Å². The van der Waals surface area contributed by atoms with Crippen LogP contribution in [0.1, 0.15) is 11.1 Å². The molecular weight excluding hydrogens is 371 g/mol. The van der Waals surface area contributed by atoms with Crippen molar-refractivity contribution >= 4 is 44.8 Å². The molecule has 0 saturated carbocycles. The lowest BCUT2D eigenvalue weighted by Crippen LogP contribution is -2.33. The Bertz CT molecular complexity index is 883. The highest BCUT2D eigenvalue weighted by atomic mass is 35.5. The van der Waals surface area contributed by atoms with Crippen molar-refractivity contribution in [2.75, 3.05) is 11.9 Å². The molecule has 5 nitrogen and oxygen atoms in total. The molecule has 0 fully saturated rings. The summed E-state index contributed by atoms with van der Waals surface area (Å²) < 4.78 is 26.7. The molecule has 0 unspecified atom stereocenters. The summed E-state index contributed by atoms with van der Waals surface area (Å²) in [5.74, 6) is -0.481. The molecule has 1 amide bonds. The predicted molar refractivity (Wildman–Crippen MR) is 96.2 cm³/mol. The topological polar surface area (TPSA) is 75.3 Å². The van der Waals surface area contributed by atoms with Gasteiger partial charge in [-0.25, -0.2) is 13.1 Å². The normalized spacial score (nSPS) is 11.3. The Hall–Kier alpha value is -1.60. The molecule has 2 aromatic rings. The maximum absolute atomic E-state index is 12.2. The van der Waals surface area contributed by atoms with E-state index in [2.05, 4.69) is 10.0 Å². The molecule has 0 aliphatic carbocycles. The van der Waals surface area contributed by atoms with Crippen LogP contribution in [0.2, 0.25) is 10.0 Å². The van der Waals surface area contributed by atoms with Gasteiger partial charge in [0.05, 0.1) is 11.6 Å². The molecule has 0 radical (unpaired) electrons. The van der Waals surface area contributed by atoms with E-state index in [4.69, 9.17) is 23.2 Å². The molecule has 2 rings (SSSR count). The van der Waals surface area contributed by atoms with Gasteiger partial charge in [-0.1, -0.05) is 35.3 Å². The van der Waals surface area contributed by atoms with Crippen LogP contribution in [0, 0.1) is 13.8 Å². The molecule has 0 atom stereocenters. The second kappa shape index (κ2) is 7.53. The average molecular weight is 387 g/mol. The van der Waals surface area contributed by atoms with Crippen molar-refractivity contribution in [1.82, 2.24) is 4.72 Å². The zero-order valence-corrected chi connectivity index (χ0v) is 15.4. The number of carbonyl (C=O) groups excluding carboxylic acids is 1. The summed E-state index contributed by atoms with van der Waals surface area (Å²) in [5.41, 5.74) is 2.51. The van der Waals surface area contributed by atoms with Crippen molar-refractivity contribution in [1.29, 1.82) is 0 Å². The minimum absolute atomic E-state index is 0.0295. The van der Waals surface area contributed by atoms with Gasteiger partial charge in [-0.15, -0.1) is 0 Å². The minimum atomic E-state index is -3.95. The number of benzene rings is 2. The van der Waals surface area contributed by atoms with Crippen LogP contribution >= 0.6 is 23.2 Å². The van der Waals surface area contributed by atoms with Crippen molar-refractivity contribution in [3.8, 4) is 0 Å². The van der Waals surface area contributed by atoms with Crippen molar-refractivity contribution in [2.24, 2.45) is 0 Å². The highest BCUT2D eigenvalue weighted by molar-refractivity contribution is 7.89. The Morgan fingerprint density at radius 2 is 1.79 bits per heavy atom. The molecule has 0 aliphatic heterocycles. The van der Waals surface area contributed by atoms with Gasteiger partial charge in [0, 0.05) is 10.7 Å². The number of nitrogens with one attached hydrogen (secondary N) is 2. The summed E-state index contributed by atoms with van der Waals surface area (Å²) in [7, 11) is -3.95. The summed E-state index contributed by atoms with van der Waals surface area (Å²) in [6, 6.07) is 9.71. The molecule has 0 bridgehead atoms. The average Bonchev–Trinajstić information content (AvgIpc) is 2.51. The summed E-state index contributed by atoms with van der Waals surface area (Å²) in [6.45, 7) is 3.34. The monoisotopic (exact) mass is 386 g/mol. The summed E-state index contributed by atoms with van der Waals surface area (Å²) in [6.07, 6.45) is 0. The van der Waals surface area contributed by atoms with Crippen LogP contribution < -0.4 is 10.0 Å². The van der Waals surface area contributed by atoms with E-state index in [0.29, 0.717) is 5.69 Å². The number of amides is 1. The molecule has 24 heavy (non-hydrogen) atoms. The molecule has 0 spiro atoms. The molecule has 0 aromatic heterocycles. The van der Waals surface area contributed by atoms with E-state index in [0.717, 1.165) is 11.1 Å². The largest absolute Gasteiger partial charge is 0.325 e. The van der Waals surface area contributed by atoms with Crippen LogP contribution in [0.15, 0.2) is 41.3 Å². The number of anilines is 1. The maximum Gasteiger partial charge on any atom is 0.242 e. The number of hydrogen-bond acceptors (Lipinski definition) is 3. The van der Waals surface area contributed by atoms with Crippen molar-refractivity contribution < 1.29 is 13.2 Å². The number of sulfonamides is 1. The third-order valence-corrected chi connectivity index (χ3v) is 5.39. The fraction of sp³-hybridized carbons (Fsp3) is 0.188. The minimum Gasteiger partial charge on any atom is -0.325 e. The molecule has 2 N–H and O–H groups in total. The SMILES string of the molecule is Cc1ccc(C)c(NC(=O)CNS(=O)(=O)c2cc(Cl)ccc2Cl)c1. The standard InChI is InChI=1S/C16H16Cl2N2O3S/c1-10-3-4-11(2)14(7-10)20-16(21)9-19-24(22,23)15-8-12(17)5-6-13(15)18/h3-8,19H,9H2,1-2H3,(H,20,21). The van der Waals surface area contributed by atoms with Crippen LogP contribution in [0.5, 0.6) is 0 Å². The smallest absolute Gasteiger partial charge is 0.242 e. The van der Waals surface area contributed by atoms with Gasteiger partial charge in [0.15, 0.2) is 0 Å². The Morgan fingerprint density at radius 1 is 1.08 bits per heavy atom. The van der Waals surface area contributed by atoms with Crippen LogP contribution in [0.3, 0.4) is 0 Å². The Kier molecular flexibility index (Phi) is 5.87. The summed E-state index contributed by atoms with van der Waals surface area (Å²) >= 11 is 11.7. The quantitative estimate of drug-likeness (QED) is 0.824. The first-order valence-electron chi connectivity index (χ1n) is 7.01. The molecule has 0 saturated heterocycles. The number of hydrogen-bond donors (Lipinski definition) is 2. The van der Waals surface area contributed by atoms with E-state index in [1.807, 2.05) is 32.0 Å². The fourth-order valence-corrected chi connectivity index (χ4v) is 3.73. The molecule has 2 aromatic carbocycles. The molecule has 128 valence electrons. The lowest BCUT2D eigenvalue weighted by atomic mass is 10.1. The van der Waals surface area contributed by atoms with Crippen LogP contribution in [-0.4, -0.2) is 20.9 Å². The second-order valence-corrected chi connectivity index (χ2v) is 7.84. The third kappa shape index (κ3) is 4.70. The molecule has 8 heteroatoms. The van der Waals surface area contributed by atoms with Gasteiger partial charge < -0.3 is 5.32 Å². The summed E-state index contributed by atoms with van der Waals surface area (Å²) in [4.78, 5) is 11.8. The lowest BCUT2D eigenvalue weighted by Gasteiger charge is -2.11. The van der Waals surface area contributed by atoms with E-state index in [1.165, 1.54) is 18.2 Å². The Morgan fingerprint density at radius 3 is 2.50 bits per heavy atom. The van der Waals surface area contributed by atoms with Crippen LogP contribution in [0.25, 0.3) is 0 Å². The van der Waals surface area contributed by atoms with E-state index in [9.17, 15) is 13.2 Å². The number of aryl methyl sites for hydroxylation is 2. The van der Waals surface area contributed by atoms with Crippen molar-refractivity contribution in [2.45, 2.75) is 18.7 Å². The van der Waals surface area contributed by atoms with Gasteiger partial charge in [-0.3, -0.25) is 4.79 Å². The van der Waals surface area contributed by atoms with Gasteiger partial charge in [-0.2, -0.15) is 0 Å². The van der Waals surface area contributed by atoms with Crippen molar-refractivity contribution in [3.63, 3.8) is 0 Å². The van der Waals surface area contributed by atoms with E-state index in [1.54, 1.807) is 0 Å². The second-order valence-electron chi connectivity index (χ2n) is 5.27. The highest BCUT2D eigenvalue weighted by Gasteiger charge is 2.19. The first kappa shape index (κ1) is 18.7. The molecule has 0 aliphatic rings. The molecular formula is C16H16Cl2N2O3S. The first-order valence-corrected chi connectivity index (χ1v) is 9.25. The van der Waals surface area contributed by atoms with Crippen molar-refractivity contribution in [3.05, 3.63) is 57.6 Å².